The van der Waals surface area contributed by atoms with Crippen LogP contribution in [0.3, 0.4) is 0 Å². The van der Waals surface area contributed by atoms with Gasteiger partial charge in [-0.1, -0.05) is 6.07 Å². The number of pyridine rings is 1. The van der Waals surface area contributed by atoms with Gasteiger partial charge >= 0.3 is 0 Å². The zero-order valence-electron chi connectivity index (χ0n) is 11.1. The van der Waals surface area contributed by atoms with E-state index in [9.17, 15) is 4.79 Å². The molecule has 0 unspecified atom stereocenters. The van der Waals surface area contributed by atoms with Gasteiger partial charge in [0.25, 0.3) is 0 Å². The van der Waals surface area contributed by atoms with Crippen molar-refractivity contribution in [3.63, 3.8) is 0 Å². The van der Waals surface area contributed by atoms with E-state index in [2.05, 4.69) is 4.98 Å². The second-order valence-corrected chi connectivity index (χ2v) is 4.83. The standard InChI is InChI=1S/C14H21N3O/c1-3-17(4-2)13(18)14(8-12(14)9-15)11-6-5-7-16-10-11/h5-7,10,12H,3-4,8-9,15H2,1-2H3/t12-,14+/m0/s1. The van der Waals surface area contributed by atoms with Gasteiger partial charge in [0.1, 0.15) is 0 Å². The first-order valence-electron chi connectivity index (χ1n) is 6.60. The first kappa shape index (κ1) is 13.0. The van der Waals surface area contributed by atoms with Crippen LogP contribution < -0.4 is 5.73 Å². The highest BCUT2D eigenvalue weighted by molar-refractivity contribution is 5.92. The summed E-state index contributed by atoms with van der Waals surface area (Å²) in [6.45, 7) is 6.07. The van der Waals surface area contributed by atoms with E-state index in [0.29, 0.717) is 6.54 Å². The van der Waals surface area contributed by atoms with E-state index in [1.165, 1.54) is 0 Å². The molecule has 0 radical (unpaired) electrons. The molecule has 0 aliphatic heterocycles. The Hall–Kier alpha value is -1.42. The SMILES string of the molecule is CCN(CC)C(=O)[C@@]1(c2cccnc2)C[C@H]1CN. The van der Waals surface area contributed by atoms with Crippen molar-refractivity contribution in [1.29, 1.82) is 0 Å². The molecule has 2 rings (SSSR count). The van der Waals surface area contributed by atoms with Crippen molar-refractivity contribution in [3.05, 3.63) is 30.1 Å². The molecule has 1 saturated carbocycles. The maximum Gasteiger partial charge on any atom is 0.233 e. The summed E-state index contributed by atoms with van der Waals surface area (Å²) in [5, 5.41) is 0. The summed E-state index contributed by atoms with van der Waals surface area (Å²) in [7, 11) is 0. The highest BCUT2D eigenvalue weighted by Gasteiger charge is 2.61. The molecule has 2 N–H and O–H groups in total. The molecule has 1 aromatic rings. The molecule has 0 aromatic carbocycles. The molecule has 4 heteroatoms. The van der Waals surface area contributed by atoms with Gasteiger partial charge in [0.15, 0.2) is 0 Å². The van der Waals surface area contributed by atoms with Crippen LogP contribution in [-0.2, 0) is 10.2 Å². The van der Waals surface area contributed by atoms with Gasteiger partial charge in [0.2, 0.25) is 5.91 Å². The molecule has 1 aliphatic carbocycles. The van der Waals surface area contributed by atoms with Crippen molar-refractivity contribution < 1.29 is 4.79 Å². The molecule has 1 fully saturated rings. The minimum atomic E-state index is -0.408. The Kier molecular flexibility index (Phi) is 3.66. The van der Waals surface area contributed by atoms with Crippen molar-refractivity contribution in [2.75, 3.05) is 19.6 Å². The Morgan fingerprint density at radius 2 is 2.28 bits per heavy atom. The monoisotopic (exact) mass is 247 g/mol. The van der Waals surface area contributed by atoms with Crippen molar-refractivity contribution in [2.45, 2.75) is 25.7 Å². The number of nitrogens with two attached hydrogens (primary N) is 1. The van der Waals surface area contributed by atoms with Crippen LogP contribution in [0, 0.1) is 5.92 Å². The van der Waals surface area contributed by atoms with Crippen LogP contribution in [0.4, 0.5) is 0 Å². The van der Waals surface area contributed by atoms with Crippen molar-refractivity contribution >= 4 is 5.91 Å². The van der Waals surface area contributed by atoms with Crippen LogP contribution in [0.25, 0.3) is 0 Å². The molecule has 0 spiro atoms. The largest absolute Gasteiger partial charge is 0.342 e. The lowest BCUT2D eigenvalue weighted by Gasteiger charge is -2.26. The Labute approximate surface area is 108 Å². The highest BCUT2D eigenvalue weighted by atomic mass is 16.2. The predicted octanol–water partition coefficient (Wildman–Crippen LogP) is 1.17. The number of carbonyl (C=O) groups is 1. The Morgan fingerprint density at radius 1 is 1.56 bits per heavy atom. The van der Waals surface area contributed by atoms with Gasteiger partial charge in [0, 0.05) is 25.5 Å². The summed E-state index contributed by atoms with van der Waals surface area (Å²) in [5.41, 5.74) is 6.38. The number of likely N-dealkylation sites (N-methyl/N-ethyl adjacent to an activating group) is 1. The maximum absolute atomic E-state index is 12.7. The lowest BCUT2D eigenvalue weighted by molar-refractivity contribution is -0.134. The Balaban J connectivity index is 2.32. The van der Waals surface area contributed by atoms with Crippen LogP contribution in [0.2, 0.25) is 0 Å². The van der Waals surface area contributed by atoms with Crippen LogP contribution in [0.5, 0.6) is 0 Å². The lowest BCUT2D eigenvalue weighted by atomic mass is 9.92. The van der Waals surface area contributed by atoms with E-state index >= 15 is 0 Å². The number of hydrogen-bond acceptors (Lipinski definition) is 3. The highest BCUT2D eigenvalue weighted by Crippen LogP contribution is 2.54. The van der Waals surface area contributed by atoms with Gasteiger partial charge in [-0.15, -0.1) is 0 Å². The molecule has 1 aliphatic rings. The third-order valence-corrected chi connectivity index (χ3v) is 4.00. The number of hydrogen-bond donors (Lipinski definition) is 1. The fourth-order valence-electron chi connectivity index (χ4n) is 2.77. The van der Waals surface area contributed by atoms with Crippen molar-refractivity contribution in [3.8, 4) is 0 Å². The number of amides is 1. The summed E-state index contributed by atoms with van der Waals surface area (Å²) >= 11 is 0. The smallest absolute Gasteiger partial charge is 0.233 e. The van der Waals surface area contributed by atoms with Crippen molar-refractivity contribution in [1.82, 2.24) is 9.88 Å². The minimum Gasteiger partial charge on any atom is -0.342 e. The molecule has 0 bridgehead atoms. The molecule has 98 valence electrons. The lowest BCUT2D eigenvalue weighted by Crippen LogP contribution is -2.41. The van der Waals surface area contributed by atoms with Crippen LogP contribution in [-0.4, -0.2) is 35.4 Å². The number of nitrogens with zero attached hydrogens (tertiary/aromatic N) is 2. The van der Waals surface area contributed by atoms with Crippen LogP contribution >= 0.6 is 0 Å². The average Bonchev–Trinajstić information content (AvgIpc) is 3.17. The summed E-state index contributed by atoms with van der Waals surface area (Å²) in [4.78, 5) is 18.7. The normalized spacial score (nSPS) is 25.8. The molecule has 18 heavy (non-hydrogen) atoms. The third kappa shape index (κ3) is 1.90. The van der Waals surface area contributed by atoms with E-state index in [4.69, 9.17) is 5.73 Å². The van der Waals surface area contributed by atoms with Crippen LogP contribution in [0.15, 0.2) is 24.5 Å². The molecule has 2 atom stereocenters. The quantitative estimate of drug-likeness (QED) is 0.849. The average molecular weight is 247 g/mol. The number of aromatic nitrogens is 1. The second kappa shape index (κ2) is 5.06. The first-order chi connectivity index (χ1) is 8.70. The van der Waals surface area contributed by atoms with E-state index in [1.807, 2.05) is 30.9 Å². The van der Waals surface area contributed by atoms with E-state index in [-0.39, 0.29) is 11.8 Å². The first-order valence-corrected chi connectivity index (χ1v) is 6.60. The number of rotatable bonds is 5. The summed E-state index contributed by atoms with van der Waals surface area (Å²) in [5.74, 6) is 0.464. The van der Waals surface area contributed by atoms with Gasteiger partial charge < -0.3 is 10.6 Å². The molecular formula is C14H21N3O. The minimum absolute atomic E-state index is 0.205. The summed E-state index contributed by atoms with van der Waals surface area (Å²) in [6.07, 6.45) is 4.39. The van der Waals surface area contributed by atoms with Crippen molar-refractivity contribution in [2.24, 2.45) is 11.7 Å². The summed E-state index contributed by atoms with van der Waals surface area (Å²) in [6, 6.07) is 3.88. The second-order valence-electron chi connectivity index (χ2n) is 4.83. The fraction of sp³-hybridized carbons (Fsp3) is 0.571. The zero-order chi connectivity index (χ0) is 13.2. The molecule has 0 saturated heterocycles. The van der Waals surface area contributed by atoms with Gasteiger partial charge in [0.05, 0.1) is 5.41 Å². The summed E-state index contributed by atoms with van der Waals surface area (Å²) < 4.78 is 0. The maximum atomic E-state index is 12.7. The zero-order valence-corrected chi connectivity index (χ0v) is 11.1. The van der Waals surface area contributed by atoms with Gasteiger partial charge in [-0.2, -0.15) is 0 Å². The van der Waals surface area contributed by atoms with Gasteiger partial charge in [-0.05, 0) is 44.4 Å². The fourth-order valence-corrected chi connectivity index (χ4v) is 2.77. The molecule has 1 amide bonds. The van der Waals surface area contributed by atoms with E-state index in [1.54, 1.807) is 12.4 Å². The molecule has 1 heterocycles. The third-order valence-electron chi connectivity index (χ3n) is 4.00. The van der Waals surface area contributed by atoms with Gasteiger partial charge in [-0.25, -0.2) is 0 Å². The van der Waals surface area contributed by atoms with E-state index in [0.717, 1.165) is 25.1 Å². The topological polar surface area (TPSA) is 59.2 Å². The molecule has 1 aromatic heterocycles. The van der Waals surface area contributed by atoms with E-state index < -0.39 is 5.41 Å². The predicted molar refractivity (Wildman–Crippen MR) is 71.0 cm³/mol. The molecule has 4 nitrogen and oxygen atoms in total. The number of carbonyl (C=O) groups excluding carboxylic acids is 1. The Morgan fingerprint density at radius 3 is 2.72 bits per heavy atom. The van der Waals surface area contributed by atoms with Gasteiger partial charge in [-0.3, -0.25) is 9.78 Å². The molecular weight excluding hydrogens is 226 g/mol. The van der Waals surface area contributed by atoms with Crippen LogP contribution in [0.1, 0.15) is 25.8 Å². The Bertz CT molecular complexity index is 416.